The van der Waals surface area contributed by atoms with Crippen LogP contribution < -0.4 is 17.0 Å². The molecule has 2 rings (SSSR count). The highest BCUT2D eigenvalue weighted by Gasteiger charge is 2.52. The van der Waals surface area contributed by atoms with Crippen molar-refractivity contribution in [1.82, 2.24) is 0 Å². The van der Waals surface area contributed by atoms with Gasteiger partial charge in [0.15, 0.2) is 0 Å². The monoisotopic (exact) mass is 311 g/mol. The Labute approximate surface area is 112 Å². The molecule has 2 fully saturated rings. The number of piperidine rings is 2. The highest BCUT2D eigenvalue weighted by Crippen LogP contribution is 2.31. The molecular formula is C11H22BrNO4. The van der Waals surface area contributed by atoms with E-state index in [9.17, 15) is 20.4 Å². The summed E-state index contributed by atoms with van der Waals surface area (Å²) < 4.78 is 0.565. The fourth-order valence-electron chi connectivity index (χ4n) is 3.33. The maximum absolute atomic E-state index is 9.94. The normalized spacial score (nSPS) is 40.9. The third-order valence-electron chi connectivity index (χ3n) is 4.29. The second-order valence-corrected chi connectivity index (χ2v) is 5.21. The van der Waals surface area contributed by atoms with Crippen LogP contribution in [0.2, 0.25) is 0 Å². The molecule has 4 atom stereocenters. The predicted molar refractivity (Wildman–Crippen MR) is 57.6 cm³/mol. The number of rotatable bonds is 1. The molecule has 0 bridgehead atoms. The summed E-state index contributed by atoms with van der Waals surface area (Å²) in [7, 11) is 0. The third-order valence-corrected chi connectivity index (χ3v) is 4.29. The van der Waals surface area contributed by atoms with Crippen LogP contribution in [0.1, 0.15) is 19.3 Å². The maximum atomic E-state index is 9.94. The van der Waals surface area contributed by atoms with Crippen LogP contribution in [0.3, 0.4) is 0 Å². The van der Waals surface area contributed by atoms with Crippen LogP contribution in [0.15, 0.2) is 0 Å². The predicted octanol–water partition coefficient (Wildman–Crippen LogP) is -4.55. The van der Waals surface area contributed by atoms with Crippen LogP contribution in [-0.2, 0) is 0 Å². The van der Waals surface area contributed by atoms with Gasteiger partial charge in [-0.1, -0.05) is 0 Å². The van der Waals surface area contributed by atoms with Crippen molar-refractivity contribution in [3.63, 3.8) is 0 Å². The minimum atomic E-state index is -1.12. The lowest BCUT2D eigenvalue weighted by Crippen LogP contribution is -3.00. The van der Waals surface area contributed by atoms with Crippen molar-refractivity contribution in [2.75, 3.05) is 26.2 Å². The SMILES string of the molecule is OC[C@@H]1[C@@H](O)[C@H](O)[C@H](O)C[N+]12CCCCC2.[Br-]. The molecule has 5 nitrogen and oxygen atoms in total. The van der Waals surface area contributed by atoms with Crippen LogP contribution in [0.5, 0.6) is 0 Å². The number of aliphatic hydroxyl groups excluding tert-OH is 4. The van der Waals surface area contributed by atoms with Gasteiger partial charge in [0.2, 0.25) is 0 Å². The lowest BCUT2D eigenvalue weighted by atomic mass is 9.88. The van der Waals surface area contributed by atoms with E-state index < -0.39 is 18.3 Å². The van der Waals surface area contributed by atoms with E-state index in [1.165, 1.54) is 6.42 Å². The van der Waals surface area contributed by atoms with Gasteiger partial charge in [0.25, 0.3) is 0 Å². The van der Waals surface area contributed by atoms with Crippen LogP contribution in [0.4, 0.5) is 0 Å². The molecule has 0 aromatic rings. The zero-order chi connectivity index (χ0) is 11.8. The topological polar surface area (TPSA) is 80.9 Å². The van der Waals surface area contributed by atoms with E-state index in [2.05, 4.69) is 0 Å². The molecule has 2 heterocycles. The first kappa shape index (κ1) is 15.3. The number of hydrogen-bond acceptors (Lipinski definition) is 4. The molecule has 0 amide bonds. The Bertz CT molecular complexity index is 248. The van der Waals surface area contributed by atoms with Crippen molar-refractivity contribution in [2.45, 2.75) is 43.6 Å². The number of aliphatic hydroxyl groups is 4. The molecule has 1 spiro atoms. The Kier molecular flexibility index (Phi) is 5.37. The van der Waals surface area contributed by atoms with Crippen LogP contribution >= 0.6 is 0 Å². The number of hydrogen-bond donors (Lipinski definition) is 4. The second kappa shape index (κ2) is 5.95. The zero-order valence-corrected chi connectivity index (χ0v) is 11.5. The second-order valence-electron chi connectivity index (χ2n) is 5.21. The summed E-state index contributed by atoms with van der Waals surface area (Å²) in [6, 6.07) is -0.348. The van der Waals surface area contributed by atoms with Gasteiger partial charge in [0.1, 0.15) is 30.9 Å². The fourth-order valence-corrected chi connectivity index (χ4v) is 3.33. The first-order chi connectivity index (χ1) is 7.60. The van der Waals surface area contributed by atoms with Gasteiger partial charge in [-0.3, -0.25) is 0 Å². The Morgan fingerprint density at radius 3 is 2.06 bits per heavy atom. The highest BCUT2D eigenvalue weighted by molar-refractivity contribution is 4.88. The summed E-state index contributed by atoms with van der Waals surface area (Å²) in [4.78, 5) is 0. The molecule has 0 unspecified atom stereocenters. The highest BCUT2D eigenvalue weighted by atomic mass is 79.9. The van der Waals surface area contributed by atoms with Crippen molar-refractivity contribution in [1.29, 1.82) is 0 Å². The molecule has 2 aliphatic heterocycles. The van der Waals surface area contributed by atoms with E-state index in [1.807, 2.05) is 0 Å². The molecule has 0 saturated carbocycles. The minimum Gasteiger partial charge on any atom is -1.00 e. The van der Waals surface area contributed by atoms with E-state index in [-0.39, 0.29) is 29.6 Å². The first-order valence-electron chi connectivity index (χ1n) is 6.11. The van der Waals surface area contributed by atoms with E-state index in [0.717, 1.165) is 25.9 Å². The molecule has 2 aliphatic rings. The van der Waals surface area contributed by atoms with E-state index >= 15 is 0 Å². The number of nitrogens with zero attached hydrogens (tertiary/aromatic N) is 1. The lowest BCUT2D eigenvalue weighted by molar-refractivity contribution is -0.967. The van der Waals surface area contributed by atoms with Gasteiger partial charge < -0.3 is 41.9 Å². The molecule has 4 N–H and O–H groups in total. The van der Waals surface area contributed by atoms with Gasteiger partial charge in [-0.2, -0.15) is 0 Å². The maximum Gasteiger partial charge on any atom is 0.141 e. The van der Waals surface area contributed by atoms with Gasteiger partial charge in [-0.25, -0.2) is 0 Å². The molecular weight excluding hydrogens is 290 g/mol. The van der Waals surface area contributed by atoms with Crippen LogP contribution in [-0.4, -0.2) is 75.5 Å². The quantitative estimate of drug-likeness (QED) is 0.368. The minimum absolute atomic E-state index is 0. The molecule has 0 aliphatic carbocycles. The average molecular weight is 312 g/mol. The number of quaternary nitrogens is 1. The smallest absolute Gasteiger partial charge is 0.141 e. The molecule has 0 aromatic heterocycles. The van der Waals surface area contributed by atoms with Crippen molar-refractivity contribution >= 4 is 0 Å². The van der Waals surface area contributed by atoms with Gasteiger partial charge in [-0.15, -0.1) is 0 Å². The fraction of sp³-hybridized carbons (Fsp3) is 1.00. The van der Waals surface area contributed by atoms with Gasteiger partial charge >= 0.3 is 0 Å². The van der Waals surface area contributed by atoms with Crippen molar-refractivity contribution in [2.24, 2.45) is 0 Å². The summed E-state index contributed by atoms with van der Waals surface area (Å²) in [5, 5.41) is 38.8. The van der Waals surface area contributed by atoms with Crippen LogP contribution in [0.25, 0.3) is 0 Å². The molecule has 2 saturated heterocycles. The van der Waals surface area contributed by atoms with Crippen molar-refractivity contribution < 1.29 is 41.9 Å². The Balaban J connectivity index is 0.00000144. The van der Waals surface area contributed by atoms with E-state index in [0.29, 0.717) is 11.0 Å². The zero-order valence-electron chi connectivity index (χ0n) is 9.87. The van der Waals surface area contributed by atoms with Crippen LogP contribution in [0, 0.1) is 0 Å². The summed E-state index contributed by atoms with van der Waals surface area (Å²) in [6.45, 7) is 2.08. The standard InChI is InChI=1S/C11H22NO4.BrH/c13-7-8-10(15)11(16)9(14)6-12(8)4-2-1-3-5-12;/h8-11,13-16H,1-7H2;1H/q+1;/p-1/t8-,9-,10-,11-;/m1./s1. The summed E-state index contributed by atoms with van der Waals surface area (Å²) in [6.07, 6.45) is 0.274. The van der Waals surface area contributed by atoms with Gasteiger partial charge in [0.05, 0.1) is 19.7 Å². The van der Waals surface area contributed by atoms with Gasteiger partial charge in [0, 0.05) is 0 Å². The Morgan fingerprint density at radius 1 is 0.941 bits per heavy atom. The Hall–Kier alpha value is 0.280. The third kappa shape index (κ3) is 2.67. The summed E-state index contributed by atoms with van der Waals surface area (Å²) >= 11 is 0. The van der Waals surface area contributed by atoms with E-state index in [4.69, 9.17) is 0 Å². The Morgan fingerprint density at radius 2 is 1.53 bits per heavy atom. The molecule has 0 aromatic carbocycles. The summed E-state index contributed by atoms with van der Waals surface area (Å²) in [5.41, 5.74) is 0. The van der Waals surface area contributed by atoms with E-state index in [1.54, 1.807) is 0 Å². The average Bonchev–Trinajstić information content (AvgIpc) is 2.28. The molecule has 0 radical (unpaired) electrons. The molecule has 6 heteroatoms. The largest absolute Gasteiger partial charge is 1.00 e. The first-order valence-corrected chi connectivity index (χ1v) is 6.11. The summed E-state index contributed by atoms with van der Waals surface area (Å²) in [5.74, 6) is 0. The van der Waals surface area contributed by atoms with Crippen molar-refractivity contribution in [3.8, 4) is 0 Å². The molecule has 102 valence electrons. The van der Waals surface area contributed by atoms with Crippen molar-refractivity contribution in [3.05, 3.63) is 0 Å². The number of halogens is 1. The molecule has 17 heavy (non-hydrogen) atoms. The lowest BCUT2D eigenvalue weighted by Gasteiger charge is -2.53. The van der Waals surface area contributed by atoms with Gasteiger partial charge in [-0.05, 0) is 19.3 Å².